The van der Waals surface area contributed by atoms with Gasteiger partial charge in [-0.05, 0) is 42.5 Å². The van der Waals surface area contributed by atoms with Gasteiger partial charge in [0.1, 0.15) is 5.76 Å². The molecule has 25 heavy (non-hydrogen) atoms. The Balaban J connectivity index is 1.58. The number of aryl methyl sites for hydroxylation is 1. The number of rotatable bonds is 5. The summed E-state index contributed by atoms with van der Waals surface area (Å²) in [5, 5.41) is 2.30. The van der Waals surface area contributed by atoms with Crippen LogP contribution in [-0.2, 0) is 4.79 Å². The molecule has 0 atom stereocenters. The molecule has 0 radical (unpaired) electrons. The predicted molar refractivity (Wildman–Crippen MR) is 94.9 cm³/mol. The molecule has 0 spiro atoms. The summed E-state index contributed by atoms with van der Waals surface area (Å²) in [4.78, 5) is 37.8. The molecule has 1 aromatic heterocycles. The highest BCUT2D eigenvalue weighted by Gasteiger charge is 2.34. The Morgan fingerprint density at radius 2 is 1.96 bits per heavy atom. The van der Waals surface area contributed by atoms with E-state index in [1.165, 1.54) is 0 Å². The van der Waals surface area contributed by atoms with Crippen LogP contribution in [0, 0.1) is 6.92 Å². The fourth-order valence-corrected chi connectivity index (χ4v) is 3.18. The maximum Gasteiger partial charge on any atom is 0.293 e. The highest BCUT2D eigenvalue weighted by Crippen LogP contribution is 2.31. The van der Waals surface area contributed by atoms with Gasteiger partial charge in [-0.2, -0.15) is 0 Å². The van der Waals surface area contributed by atoms with Gasteiger partial charge in [0.2, 0.25) is 0 Å². The van der Waals surface area contributed by atoms with Crippen molar-refractivity contribution in [3.8, 4) is 0 Å². The molecule has 0 bridgehead atoms. The number of hydrogen-bond acceptors (Lipinski definition) is 5. The summed E-state index contributed by atoms with van der Waals surface area (Å²) in [6.45, 7) is 2.02. The molecular formula is C18H16N2O4S. The van der Waals surface area contributed by atoms with E-state index in [4.69, 9.17) is 4.42 Å². The number of amides is 3. The SMILES string of the molecule is Cc1ccc(C(=O)NCCN2C(=O)S/C(=C/c3ccccc3)C2=O)o1. The van der Waals surface area contributed by atoms with Crippen LogP contribution in [0.4, 0.5) is 4.79 Å². The Kier molecular flexibility index (Phi) is 5.04. The van der Waals surface area contributed by atoms with E-state index in [1.807, 2.05) is 30.3 Å². The monoisotopic (exact) mass is 356 g/mol. The number of benzene rings is 1. The van der Waals surface area contributed by atoms with Crippen LogP contribution in [0.1, 0.15) is 21.9 Å². The number of carbonyl (C=O) groups excluding carboxylic acids is 3. The third kappa shape index (κ3) is 4.00. The lowest BCUT2D eigenvalue weighted by atomic mass is 10.2. The van der Waals surface area contributed by atoms with Gasteiger partial charge in [-0.3, -0.25) is 19.3 Å². The van der Waals surface area contributed by atoms with Crippen molar-refractivity contribution in [1.29, 1.82) is 0 Å². The Bertz CT molecular complexity index is 842. The summed E-state index contributed by atoms with van der Waals surface area (Å²) in [5.41, 5.74) is 0.856. The first-order valence-electron chi connectivity index (χ1n) is 7.69. The molecule has 0 unspecified atom stereocenters. The summed E-state index contributed by atoms with van der Waals surface area (Å²) >= 11 is 0.902. The first kappa shape index (κ1) is 17.0. The van der Waals surface area contributed by atoms with Crippen molar-refractivity contribution < 1.29 is 18.8 Å². The lowest BCUT2D eigenvalue weighted by molar-refractivity contribution is -0.122. The number of carbonyl (C=O) groups is 3. The molecule has 1 N–H and O–H groups in total. The number of nitrogens with one attached hydrogen (secondary N) is 1. The minimum atomic E-state index is -0.375. The molecule has 128 valence electrons. The van der Waals surface area contributed by atoms with E-state index in [0.717, 1.165) is 22.2 Å². The maximum atomic E-state index is 12.4. The predicted octanol–water partition coefficient (Wildman–Crippen LogP) is 3.05. The molecule has 2 heterocycles. The molecule has 1 fully saturated rings. The van der Waals surface area contributed by atoms with Crippen LogP contribution in [0.5, 0.6) is 0 Å². The van der Waals surface area contributed by atoms with E-state index in [1.54, 1.807) is 25.1 Å². The fourth-order valence-electron chi connectivity index (χ4n) is 2.32. The fraction of sp³-hybridized carbons (Fsp3) is 0.167. The van der Waals surface area contributed by atoms with Crippen molar-refractivity contribution in [2.75, 3.05) is 13.1 Å². The molecule has 1 aliphatic rings. The molecule has 3 rings (SSSR count). The molecule has 3 amide bonds. The highest BCUT2D eigenvalue weighted by atomic mass is 32.2. The van der Waals surface area contributed by atoms with E-state index >= 15 is 0 Å². The minimum absolute atomic E-state index is 0.113. The van der Waals surface area contributed by atoms with Crippen LogP contribution in [0.15, 0.2) is 51.8 Å². The van der Waals surface area contributed by atoms with Gasteiger partial charge >= 0.3 is 0 Å². The van der Waals surface area contributed by atoms with Gasteiger partial charge in [-0.25, -0.2) is 0 Å². The first-order valence-corrected chi connectivity index (χ1v) is 8.51. The number of imide groups is 1. The van der Waals surface area contributed by atoms with Crippen LogP contribution in [-0.4, -0.2) is 35.0 Å². The zero-order valence-corrected chi connectivity index (χ0v) is 14.3. The molecule has 7 heteroatoms. The molecule has 0 aliphatic carbocycles. The smallest absolute Gasteiger partial charge is 0.293 e. The second kappa shape index (κ2) is 7.40. The van der Waals surface area contributed by atoms with Gasteiger partial charge in [-0.15, -0.1) is 0 Å². The van der Waals surface area contributed by atoms with Crippen LogP contribution in [0.2, 0.25) is 0 Å². The molecule has 2 aromatic rings. The average Bonchev–Trinajstić information content (AvgIpc) is 3.14. The van der Waals surface area contributed by atoms with E-state index in [9.17, 15) is 14.4 Å². The Morgan fingerprint density at radius 1 is 1.20 bits per heavy atom. The van der Waals surface area contributed by atoms with E-state index in [-0.39, 0.29) is 35.9 Å². The van der Waals surface area contributed by atoms with Gasteiger partial charge in [0.05, 0.1) is 4.91 Å². The standard InChI is InChI=1S/C18H16N2O4S/c1-12-7-8-14(24-12)16(21)19-9-10-20-17(22)15(25-18(20)23)11-13-5-3-2-4-6-13/h2-8,11H,9-10H2,1H3,(H,19,21)/b15-11+. The van der Waals surface area contributed by atoms with Crippen LogP contribution in [0.3, 0.4) is 0 Å². The lowest BCUT2D eigenvalue weighted by Gasteiger charge is -2.12. The summed E-state index contributed by atoms with van der Waals surface area (Å²) in [6.07, 6.45) is 1.69. The highest BCUT2D eigenvalue weighted by molar-refractivity contribution is 8.18. The second-order valence-corrected chi connectivity index (χ2v) is 6.40. The molecular weight excluding hydrogens is 340 g/mol. The average molecular weight is 356 g/mol. The van der Waals surface area contributed by atoms with Gasteiger partial charge in [0, 0.05) is 13.1 Å². The number of nitrogens with zero attached hydrogens (tertiary/aromatic N) is 1. The number of furan rings is 1. The number of thioether (sulfide) groups is 1. The van der Waals surface area contributed by atoms with Crippen LogP contribution in [0.25, 0.3) is 6.08 Å². The van der Waals surface area contributed by atoms with Crippen LogP contribution < -0.4 is 5.32 Å². The first-order chi connectivity index (χ1) is 12.0. The molecule has 0 saturated carbocycles. The van der Waals surface area contributed by atoms with Gasteiger partial charge in [0.15, 0.2) is 5.76 Å². The van der Waals surface area contributed by atoms with E-state index in [0.29, 0.717) is 10.7 Å². The molecule has 1 aliphatic heterocycles. The van der Waals surface area contributed by atoms with E-state index < -0.39 is 0 Å². The quantitative estimate of drug-likeness (QED) is 0.833. The third-order valence-corrected chi connectivity index (χ3v) is 4.46. The molecule has 1 aromatic carbocycles. The Hall–Kier alpha value is -2.80. The minimum Gasteiger partial charge on any atom is -0.456 e. The lowest BCUT2D eigenvalue weighted by Crippen LogP contribution is -2.37. The van der Waals surface area contributed by atoms with Crippen molar-refractivity contribution >= 4 is 34.9 Å². The summed E-state index contributed by atoms with van der Waals surface area (Å²) in [5.74, 6) is 0.125. The summed E-state index contributed by atoms with van der Waals surface area (Å²) in [6, 6.07) is 12.6. The van der Waals surface area contributed by atoms with Gasteiger partial charge in [0.25, 0.3) is 17.1 Å². The zero-order chi connectivity index (χ0) is 17.8. The topological polar surface area (TPSA) is 79.6 Å². The molecule has 1 saturated heterocycles. The third-order valence-electron chi connectivity index (χ3n) is 3.56. The van der Waals surface area contributed by atoms with Crippen molar-refractivity contribution in [3.05, 3.63) is 64.5 Å². The Labute approximate surface area is 148 Å². The zero-order valence-electron chi connectivity index (χ0n) is 13.5. The number of hydrogen-bond donors (Lipinski definition) is 1. The maximum absolute atomic E-state index is 12.4. The van der Waals surface area contributed by atoms with Crippen molar-refractivity contribution in [1.82, 2.24) is 10.2 Å². The van der Waals surface area contributed by atoms with Gasteiger partial charge in [-0.1, -0.05) is 30.3 Å². The van der Waals surface area contributed by atoms with E-state index in [2.05, 4.69) is 5.32 Å². The summed E-state index contributed by atoms with van der Waals surface area (Å²) in [7, 11) is 0. The summed E-state index contributed by atoms with van der Waals surface area (Å²) < 4.78 is 5.22. The van der Waals surface area contributed by atoms with Gasteiger partial charge < -0.3 is 9.73 Å². The van der Waals surface area contributed by atoms with Crippen molar-refractivity contribution in [3.63, 3.8) is 0 Å². The van der Waals surface area contributed by atoms with Crippen molar-refractivity contribution in [2.45, 2.75) is 6.92 Å². The molecule has 6 nitrogen and oxygen atoms in total. The largest absolute Gasteiger partial charge is 0.456 e. The second-order valence-electron chi connectivity index (χ2n) is 5.41. The normalized spacial score (nSPS) is 15.9. The van der Waals surface area contributed by atoms with Crippen molar-refractivity contribution in [2.24, 2.45) is 0 Å². The van der Waals surface area contributed by atoms with Crippen LogP contribution >= 0.6 is 11.8 Å². The Morgan fingerprint density at radius 3 is 2.64 bits per heavy atom.